The molecule has 4 nitrogen and oxygen atoms in total. The van der Waals surface area contributed by atoms with Crippen LogP contribution in [0.5, 0.6) is 5.75 Å². The highest BCUT2D eigenvalue weighted by molar-refractivity contribution is 7.13. The van der Waals surface area contributed by atoms with Crippen molar-refractivity contribution < 1.29 is 9.63 Å². The van der Waals surface area contributed by atoms with Crippen LogP contribution in [-0.4, -0.2) is 15.2 Å². The first-order valence-electron chi connectivity index (χ1n) is 5.67. The average molecular weight is 327 g/mol. The number of hydrogen-bond acceptors (Lipinski definition) is 5. The SMILES string of the molecule is Oc1ccsc1-c1nc(Cc2ccc(Cl)cc2Cl)no1. The van der Waals surface area contributed by atoms with Gasteiger partial charge in [0.2, 0.25) is 0 Å². The molecule has 0 aliphatic heterocycles. The van der Waals surface area contributed by atoms with E-state index in [1.54, 1.807) is 23.6 Å². The summed E-state index contributed by atoms with van der Waals surface area (Å²) in [6.07, 6.45) is 0.436. The number of aromatic hydroxyl groups is 1. The van der Waals surface area contributed by atoms with E-state index < -0.39 is 0 Å². The van der Waals surface area contributed by atoms with Crippen molar-refractivity contribution in [3.8, 4) is 16.5 Å². The molecule has 1 N–H and O–H groups in total. The minimum atomic E-state index is 0.134. The number of hydrogen-bond donors (Lipinski definition) is 1. The minimum absolute atomic E-state index is 0.134. The summed E-state index contributed by atoms with van der Waals surface area (Å²) in [6, 6.07) is 6.84. The maximum Gasteiger partial charge on any atom is 0.271 e. The zero-order chi connectivity index (χ0) is 14.1. The smallest absolute Gasteiger partial charge is 0.271 e. The fourth-order valence-electron chi connectivity index (χ4n) is 1.72. The standard InChI is InChI=1S/C13H8Cl2N2O2S/c14-8-2-1-7(9(15)6-8)5-11-16-13(19-17-11)12-10(18)3-4-20-12/h1-4,6,18H,5H2. The van der Waals surface area contributed by atoms with Crippen LogP contribution < -0.4 is 0 Å². The van der Waals surface area contributed by atoms with E-state index in [0.29, 0.717) is 33.1 Å². The van der Waals surface area contributed by atoms with Crippen LogP contribution in [0.2, 0.25) is 10.0 Å². The third kappa shape index (κ3) is 2.65. The van der Waals surface area contributed by atoms with Crippen LogP contribution in [0.1, 0.15) is 11.4 Å². The molecule has 0 bridgehead atoms. The van der Waals surface area contributed by atoms with Gasteiger partial charge in [-0.2, -0.15) is 4.98 Å². The minimum Gasteiger partial charge on any atom is -0.506 e. The molecule has 1 aromatic carbocycles. The molecule has 0 atom stereocenters. The summed E-state index contributed by atoms with van der Waals surface area (Å²) < 4.78 is 5.15. The topological polar surface area (TPSA) is 59.2 Å². The summed E-state index contributed by atoms with van der Waals surface area (Å²) in [5, 5.41) is 16.4. The molecule has 0 aliphatic rings. The first kappa shape index (κ1) is 13.4. The van der Waals surface area contributed by atoms with Gasteiger partial charge < -0.3 is 9.63 Å². The molecule has 102 valence electrons. The van der Waals surface area contributed by atoms with Crippen LogP contribution in [0.3, 0.4) is 0 Å². The Bertz CT molecular complexity index is 754. The Hall–Kier alpha value is -1.56. The molecular weight excluding hydrogens is 319 g/mol. The molecule has 2 heterocycles. The summed E-state index contributed by atoms with van der Waals surface area (Å²) in [7, 11) is 0. The van der Waals surface area contributed by atoms with Crippen LogP contribution in [0.15, 0.2) is 34.2 Å². The Kier molecular flexibility index (Phi) is 3.65. The lowest BCUT2D eigenvalue weighted by molar-refractivity contribution is 0.420. The monoisotopic (exact) mass is 326 g/mol. The Labute approximate surface area is 128 Å². The van der Waals surface area contributed by atoms with Gasteiger partial charge in [0.1, 0.15) is 10.6 Å². The predicted molar refractivity (Wildman–Crippen MR) is 78.5 cm³/mol. The second-order valence-corrected chi connectivity index (χ2v) is 5.82. The molecule has 0 amide bonds. The van der Waals surface area contributed by atoms with Crippen molar-refractivity contribution in [1.29, 1.82) is 0 Å². The summed E-state index contributed by atoms with van der Waals surface area (Å²) in [5.41, 5.74) is 0.860. The summed E-state index contributed by atoms with van der Waals surface area (Å²) in [6.45, 7) is 0. The molecule has 20 heavy (non-hydrogen) atoms. The summed E-state index contributed by atoms with van der Waals surface area (Å²) >= 11 is 13.3. The Morgan fingerprint density at radius 3 is 2.80 bits per heavy atom. The third-order valence-electron chi connectivity index (χ3n) is 2.67. The van der Waals surface area contributed by atoms with E-state index in [4.69, 9.17) is 27.7 Å². The molecule has 7 heteroatoms. The number of benzene rings is 1. The predicted octanol–water partition coefficient (Wildman–Crippen LogP) is 4.40. The van der Waals surface area contributed by atoms with Gasteiger partial charge >= 0.3 is 0 Å². The molecular formula is C13H8Cl2N2O2S. The lowest BCUT2D eigenvalue weighted by Crippen LogP contribution is -1.91. The van der Waals surface area contributed by atoms with E-state index in [0.717, 1.165) is 5.56 Å². The van der Waals surface area contributed by atoms with Gasteiger partial charge in [-0.15, -0.1) is 11.3 Å². The van der Waals surface area contributed by atoms with E-state index in [9.17, 15) is 5.11 Å². The van der Waals surface area contributed by atoms with E-state index in [-0.39, 0.29) is 5.75 Å². The lowest BCUT2D eigenvalue weighted by Gasteiger charge is -2.00. The van der Waals surface area contributed by atoms with Gasteiger partial charge in [0, 0.05) is 16.5 Å². The van der Waals surface area contributed by atoms with E-state index in [1.165, 1.54) is 11.3 Å². The second-order valence-electron chi connectivity index (χ2n) is 4.06. The first-order valence-corrected chi connectivity index (χ1v) is 7.30. The molecule has 0 spiro atoms. The van der Waals surface area contributed by atoms with Crippen LogP contribution in [0, 0.1) is 0 Å². The van der Waals surface area contributed by atoms with E-state index >= 15 is 0 Å². The third-order valence-corrected chi connectivity index (χ3v) is 4.15. The van der Waals surface area contributed by atoms with Gasteiger partial charge in [-0.05, 0) is 29.1 Å². The van der Waals surface area contributed by atoms with Crippen LogP contribution in [0.4, 0.5) is 0 Å². The van der Waals surface area contributed by atoms with Gasteiger partial charge in [0.25, 0.3) is 5.89 Å². The highest BCUT2D eigenvalue weighted by Crippen LogP contribution is 2.33. The molecule has 3 aromatic rings. The molecule has 0 radical (unpaired) electrons. The fraction of sp³-hybridized carbons (Fsp3) is 0.0769. The normalized spacial score (nSPS) is 10.9. The first-order chi connectivity index (χ1) is 9.63. The highest BCUT2D eigenvalue weighted by atomic mass is 35.5. The lowest BCUT2D eigenvalue weighted by atomic mass is 10.1. The number of thiophene rings is 1. The van der Waals surface area contributed by atoms with Crippen molar-refractivity contribution in [3.63, 3.8) is 0 Å². The van der Waals surface area contributed by atoms with Crippen molar-refractivity contribution >= 4 is 34.5 Å². The molecule has 0 saturated carbocycles. The van der Waals surface area contributed by atoms with Crippen molar-refractivity contribution in [3.05, 3.63) is 51.1 Å². The van der Waals surface area contributed by atoms with Gasteiger partial charge in [-0.1, -0.05) is 34.4 Å². The van der Waals surface area contributed by atoms with E-state index in [1.807, 2.05) is 6.07 Å². The summed E-state index contributed by atoms with van der Waals surface area (Å²) in [4.78, 5) is 4.81. The van der Waals surface area contributed by atoms with Crippen LogP contribution in [-0.2, 0) is 6.42 Å². The zero-order valence-corrected chi connectivity index (χ0v) is 12.3. The molecule has 3 rings (SSSR count). The van der Waals surface area contributed by atoms with Crippen molar-refractivity contribution in [2.45, 2.75) is 6.42 Å². The second kappa shape index (κ2) is 5.44. The maximum absolute atomic E-state index is 9.62. The number of nitrogens with zero attached hydrogens (tertiary/aromatic N) is 2. The maximum atomic E-state index is 9.62. The van der Waals surface area contributed by atoms with Gasteiger partial charge in [-0.25, -0.2) is 0 Å². The quantitative estimate of drug-likeness (QED) is 0.774. The van der Waals surface area contributed by atoms with Gasteiger partial charge in [0.05, 0.1) is 0 Å². The Morgan fingerprint density at radius 2 is 2.10 bits per heavy atom. The Balaban J connectivity index is 1.86. The molecule has 0 saturated heterocycles. The molecule has 0 unspecified atom stereocenters. The van der Waals surface area contributed by atoms with Crippen LogP contribution >= 0.6 is 34.5 Å². The van der Waals surface area contributed by atoms with Crippen molar-refractivity contribution in [1.82, 2.24) is 10.1 Å². The van der Waals surface area contributed by atoms with Gasteiger partial charge in [-0.3, -0.25) is 0 Å². The highest BCUT2D eigenvalue weighted by Gasteiger charge is 2.15. The molecule has 0 fully saturated rings. The Morgan fingerprint density at radius 1 is 1.25 bits per heavy atom. The molecule has 2 aromatic heterocycles. The number of rotatable bonds is 3. The summed E-state index contributed by atoms with van der Waals surface area (Å²) in [5.74, 6) is 0.935. The number of aromatic nitrogens is 2. The van der Waals surface area contributed by atoms with Crippen molar-refractivity contribution in [2.24, 2.45) is 0 Å². The molecule has 0 aliphatic carbocycles. The van der Waals surface area contributed by atoms with Crippen LogP contribution in [0.25, 0.3) is 10.8 Å². The average Bonchev–Trinajstić information content (AvgIpc) is 3.01. The largest absolute Gasteiger partial charge is 0.506 e. The fourth-order valence-corrected chi connectivity index (χ4v) is 2.90. The number of halogens is 2. The van der Waals surface area contributed by atoms with Crippen molar-refractivity contribution in [2.75, 3.05) is 0 Å². The van der Waals surface area contributed by atoms with E-state index in [2.05, 4.69) is 10.1 Å². The van der Waals surface area contributed by atoms with Gasteiger partial charge in [0.15, 0.2) is 5.82 Å². The zero-order valence-electron chi connectivity index (χ0n) is 10.0.